The Morgan fingerprint density at radius 2 is 2.14 bits per heavy atom. The van der Waals surface area contributed by atoms with Crippen LogP contribution in [0.15, 0.2) is 0 Å². The first-order chi connectivity index (χ1) is 6.40. The van der Waals surface area contributed by atoms with Crippen molar-refractivity contribution in [3.8, 4) is 12.3 Å². The molecule has 1 N–H and O–H groups in total. The number of piperazine rings is 1. The summed E-state index contributed by atoms with van der Waals surface area (Å²) < 4.78 is 0. The molecule has 0 bridgehead atoms. The van der Waals surface area contributed by atoms with Crippen molar-refractivity contribution >= 4 is 11.8 Å². The molecule has 1 heterocycles. The van der Waals surface area contributed by atoms with Crippen molar-refractivity contribution in [2.24, 2.45) is 0 Å². The fourth-order valence-corrected chi connectivity index (χ4v) is 1.59. The monoisotopic (exact) mass is 194 g/mol. The first-order valence-corrected chi connectivity index (χ1v) is 4.48. The van der Waals surface area contributed by atoms with Crippen molar-refractivity contribution in [1.29, 1.82) is 0 Å². The number of nitrogens with one attached hydrogen (secondary N) is 1. The minimum Gasteiger partial charge on any atom is -0.345 e. The third kappa shape index (κ3) is 1.58. The van der Waals surface area contributed by atoms with E-state index in [1.807, 2.05) is 0 Å². The molecule has 4 heteroatoms. The summed E-state index contributed by atoms with van der Waals surface area (Å²) in [5, 5.41) is 2.51. The fraction of sp³-hybridized carbons (Fsp3) is 0.600. The first-order valence-electron chi connectivity index (χ1n) is 4.48. The second-order valence-corrected chi connectivity index (χ2v) is 3.86. The van der Waals surface area contributed by atoms with Gasteiger partial charge in [0.25, 0.3) is 0 Å². The molecule has 0 aromatic heterocycles. The number of hydrogen-bond donors (Lipinski definition) is 1. The molecule has 0 spiro atoms. The van der Waals surface area contributed by atoms with E-state index in [9.17, 15) is 9.59 Å². The lowest BCUT2D eigenvalue weighted by Gasteiger charge is -2.41. The average molecular weight is 194 g/mol. The Labute approximate surface area is 83.6 Å². The van der Waals surface area contributed by atoms with Crippen LogP contribution in [0, 0.1) is 12.3 Å². The number of terminal acetylenes is 1. The smallest absolute Gasteiger partial charge is 0.243 e. The zero-order chi connectivity index (χ0) is 10.9. The Morgan fingerprint density at radius 1 is 1.57 bits per heavy atom. The third-order valence-corrected chi connectivity index (χ3v) is 2.40. The van der Waals surface area contributed by atoms with E-state index < -0.39 is 11.6 Å². The first kappa shape index (κ1) is 10.6. The number of carbonyl (C=O) groups is 2. The van der Waals surface area contributed by atoms with Crippen LogP contribution in [0.3, 0.4) is 0 Å². The summed E-state index contributed by atoms with van der Waals surface area (Å²) in [5.41, 5.74) is -0.714. The lowest BCUT2D eigenvalue weighted by molar-refractivity contribution is -0.148. The van der Waals surface area contributed by atoms with Crippen LogP contribution >= 0.6 is 0 Å². The van der Waals surface area contributed by atoms with E-state index in [0.717, 1.165) is 0 Å². The number of nitrogens with zero attached hydrogens (tertiary/aromatic N) is 1. The average Bonchev–Trinajstić information content (AvgIpc) is 2.12. The van der Waals surface area contributed by atoms with Gasteiger partial charge in [0.05, 0.1) is 12.1 Å². The van der Waals surface area contributed by atoms with Gasteiger partial charge in [0.1, 0.15) is 6.04 Å². The highest BCUT2D eigenvalue weighted by Gasteiger charge is 2.39. The quantitative estimate of drug-likeness (QED) is 0.585. The minimum absolute atomic E-state index is 0.0360. The Morgan fingerprint density at radius 3 is 2.64 bits per heavy atom. The number of hydrogen-bond acceptors (Lipinski definition) is 2. The molecule has 0 saturated carbocycles. The molecule has 76 valence electrons. The minimum atomic E-state index is -0.714. The Bertz CT molecular complexity index is 315. The maximum Gasteiger partial charge on any atom is 0.243 e. The maximum absolute atomic E-state index is 11.6. The predicted octanol–water partition coefficient (Wildman–Crippen LogP) is -0.255. The number of amides is 2. The SMILES string of the molecule is C#CC(C)(C)N1C(=O)CNC(=O)C1C. The van der Waals surface area contributed by atoms with Crippen LogP contribution < -0.4 is 5.32 Å². The molecular weight excluding hydrogens is 180 g/mol. The Balaban J connectivity index is 3.00. The molecular formula is C10H14N2O2. The summed E-state index contributed by atoms with van der Waals surface area (Å²) in [6.45, 7) is 5.21. The van der Waals surface area contributed by atoms with Gasteiger partial charge in [0.2, 0.25) is 11.8 Å². The third-order valence-electron chi connectivity index (χ3n) is 2.40. The summed E-state index contributed by atoms with van der Waals surface area (Å²) >= 11 is 0. The van der Waals surface area contributed by atoms with Crippen LogP contribution in [0.1, 0.15) is 20.8 Å². The van der Waals surface area contributed by atoms with Crippen LogP contribution in [-0.4, -0.2) is 34.8 Å². The van der Waals surface area contributed by atoms with Crippen molar-refractivity contribution < 1.29 is 9.59 Å². The van der Waals surface area contributed by atoms with E-state index in [0.29, 0.717) is 0 Å². The summed E-state index contributed by atoms with van der Waals surface area (Å²) in [4.78, 5) is 24.4. The van der Waals surface area contributed by atoms with Crippen molar-refractivity contribution in [3.63, 3.8) is 0 Å². The standard InChI is InChI=1S/C10H14N2O2/c1-5-10(3,4)12-7(2)9(14)11-6-8(12)13/h1,7H,6H2,2-4H3,(H,11,14). The summed E-state index contributed by atoms with van der Waals surface area (Å²) in [6.07, 6.45) is 5.33. The maximum atomic E-state index is 11.6. The van der Waals surface area contributed by atoms with Crippen LogP contribution in [0.2, 0.25) is 0 Å². The molecule has 0 aromatic rings. The van der Waals surface area contributed by atoms with Gasteiger partial charge in [-0.2, -0.15) is 0 Å². The van der Waals surface area contributed by atoms with Crippen molar-refractivity contribution in [1.82, 2.24) is 10.2 Å². The number of carbonyl (C=O) groups excluding carboxylic acids is 2. The van der Waals surface area contributed by atoms with Crippen molar-refractivity contribution in [3.05, 3.63) is 0 Å². The van der Waals surface area contributed by atoms with Crippen LogP contribution in [0.4, 0.5) is 0 Å². The second kappa shape index (κ2) is 3.33. The van der Waals surface area contributed by atoms with Crippen molar-refractivity contribution in [2.75, 3.05) is 6.54 Å². The Hall–Kier alpha value is -1.50. The largest absolute Gasteiger partial charge is 0.345 e. The van der Waals surface area contributed by atoms with Gasteiger partial charge < -0.3 is 10.2 Å². The van der Waals surface area contributed by atoms with E-state index >= 15 is 0 Å². The zero-order valence-corrected chi connectivity index (χ0v) is 8.63. The molecule has 1 atom stereocenters. The summed E-state index contributed by atoms with van der Waals surface area (Å²) in [7, 11) is 0. The molecule has 2 amide bonds. The van der Waals surface area contributed by atoms with Crippen LogP contribution in [0.25, 0.3) is 0 Å². The van der Waals surface area contributed by atoms with E-state index in [4.69, 9.17) is 6.42 Å². The Kier molecular flexibility index (Phi) is 2.52. The summed E-state index contributed by atoms with van der Waals surface area (Å²) in [6, 6.07) is -0.498. The van der Waals surface area contributed by atoms with Crippen LogP contribution in [0.5, 0.6) is 0 Å². The molecule has 0 aliphatic carbocycles. The fourth-order valence-electron chi connectivity index (χ4n) is 1.59. The molecule has 1 rings (SSSR count). The molecule has 1 aliphatic rings. The van der Waals surface area contributed by atoms with Gasteiger partial charge >= 0.3 is 0 Å². The molecule has 1 fully saturated rings. The highest BCUT2D eigenvalue weighted by molar-refractivity contribution is 5.95. The highest BCUT2D eigenvalue weighted by atomic mass is 16.2. The normalized spacial score (nSPS) is 23.0. The second-order valence-electron chi connectivity index (χ2n) is 3.86. The van der Waals surface area contributed by atoms with Gasteiger partial charge in [-0.3, -0.25) is 9.59 Å². The molecule has 1 unspecified atom stereocenters. The van der Waals surface area contributed by atoms with E-state index in [1.165, 1.54) is 4.90 Å². The van der Waals surface area contributed by atoms with Gasteiger partial charge in [-0.25, -0.2) is 0 Å². The lowest BCUT2D eigenvalue weighted by atomic mass is 9.99. The molecule has 0 radical (unpaired) electrons. The van der Waals surface area contributed by atoms with Crippen molar-refractivity contribution in [2.45, 2.75) is 32.4 Å². The highest BCUT2D eigenvalue weighted by Crippen LogP contribution is 2.19. The molecule has 4 nitrogen and oxygen atoms in total. The number of rotatable bonds is 1. The van der Waals surface area contributed by atoms with E-state index in [2.05, 4.69) is 11.2 Å². The summed E-state index contributed by atoms with van der Waals surface area (Å²) in [5.74, 6) is 2.22. The topological polar surface area (TPSA) is 49.4 Å². The van der Waals surface area contributed by atoms with Gasteiger partial charge in [0.15, 0.2) is 0 Å². The molecule has 14 heavy (non-hydrogen) atoms. The molecule has 1 aliphatic heterocycles. The molecule has 0 aromatic carbocycles. The van der Waals surface area contributed by atoms with Gasteiger partial charge in [0, 0.05) is 0 Å². The van der Waals surface area contributed by atoms with E-state index in [-0.39, 0.29) is 18.4 Å². The molecule has 1 saturated heterocycles. The van der Waals surface area contributed by atoms with Gasteiger partial charge in [-0.05, 0) is 20.8 Å². The van der Waals surface area contributed by atoms with Gasteiger partial charge in [-0.15, -0.1) is 6.42 Å². The van der Waals surface area contributed by atoms with Crippen LogP contribution in [-0.2, 0) is 9.59 Å². The van der Waals surface area contributed by atoms with Gasteiger partial charge in [-0.1, -0.05) is 5.92 Å². The predicted molar refractivity (Wildman–Crippen MR) is 52.2 cm³/mol. The lowest BCUT2D eigenvalue weighted by Crippen LogP contribution is -2.63. The van der Waals surface area contributed by atoms with E-state index in [1.54, 1.807) is 20.8 Å². The zero-order valence-electron chi connectivity index (χ0n) is 8.63.